The molecular formula is C20H23N7O3S2. The Bertz CT molecular complexity index is 1410. The number of aromatic amines is 1. The summed E-state index contributed by atoms with van der Waals surface area (Å²) in [6, 6.07) is 12.4. The number of carbonyl (C=O) groups is 1. The highest BCUT2D eigenvalue weighted by atomic mass is 32.2. The molecule has 10 nitrogen and oxygen atoms in total. The van der Waals surface area contributed by atoms with Gasteiger partial charge in [0.15, 0.2) is 5.16 Å². The number of hydrogen-bond donors (Lipinski definition) is 2. The number of anilines is 2. The van der Waals surface area contributed by atoms with Crippen LogP contribution >= 0.6 is 11.8 Å². The predicted molar refractivity (Wildman–Crippen MR) is 126 cm³/mol. The van der Waals surface area contributed by atoms with Gasteiger partial charge in [-0.05, 0) is 30.3 Å². The molecule has 0 aliphatic heterocycles. The summed E-state index contributed by atoms with van der Waals surface area (Å²) in [5.74, 6) is 0.410. The van der Waals surface area contributed by atoms with Gasteiger partial charge in [0, 0.05) is 28.2 Å². The number of hydrogen-bond acceptors (Lipinski definition) is 7. The van der Waals surface area contributed by atoms with Crippen molar-refractivity contribution in [3.8, 4) is 0 Å². The summed E-state index contributed by atoms with van der Waals surface area (Å²) in [6.07, 6.45) is 0. The first-order valence-corrected chi connectivity index (χ1v) is 12.1. The van der Waals surface area contributed by atoms with Gasteiger partial charge in [0.1, 0.15) is 0 Å². The zero-order valence-corrected chi connectivity index (χ0v) is 19.7. The first-order chi connectivity index (χ1) is 15.2. The van der Waals surface area contributed by atoms with Gasteiger partial charge in [0.2, 0.25) is 21.7 Å². The van der Waals surface area contributed by atoms with Gasteiger partial charge >= 0.3 is 0 Å². The lowest BCUT2D eigenvalue weighted by Crippen LogP contribution is -2.23. The Labute approximate surface area is 189 Å². The molecule has 0 saturated carbocycles. The Morgan fingerprint density at radius 2 is 1.91 bits per heavy atom. The zero-order chi connectivity index (χ0) is 23.0. The van der Waals surface area contributed by atoms with Gasteiger partial charge in [0.25, 0.3) is 0 Å². The van der Waals surface area contributed by atoms with Crippen LogP contribution in [0.5, 0.6) is 0 Å². The fourth-order valence-electron chi connectivity index (χ4n) is 3.23. The number of carbonyl (C=O) groups excluding carboxylic acids is 1. The lowest BCUT2D eigenvalue weighted by molar-refractivity contribution is -0.113. The van der Waals surface area contributed by atoms with E-state index in [1.807, 2.05) is 47.7 Å². The van der Waals surface area contributed by atoms with Crippen LogP contribution in [0.25, 0.3) is 16.8 Å². The molecule has 0 aliphatic carbocycles. The van der Waals surface area contributed by atoms with E-state index in [1.165, 1.54) is 38.0 Å². The average Bonchev–Trinajstić information content (AvgIpc) is 3.31. The molecule has 0 saturated heterocycles. The molecule has 168 valence electrons. The number of sulfonamides is 1. The highest BCUT2D eigenvalue weighted by Gasteiger charge is 2.20. The molecule has 0 aliphatic rings. The number of H-pyrrole nitrogens is 1. The number of rotatable bonds is 7. The molecule has 2 aromatic carbocycles. The second-order valence-corrected chi connectivity index (χ2v) is 10.6. The van der Waals surface area contributed by atoms with Crippen LogP contribution in [-0.2, 0) is 14.8 Å². The van der Waals surface area contributed by atoms with Gasteiger partial charge in [0.05, 0.1) is 33.1 Å². The van der Waals surface area contributed by atoms with Crippen molar-refractivity contribution in [2.45, 2.75) is 10.1 Å². The van der Waals surface area contributed by atoms with Crippen molar-refractivity contribution in [2.75, 3.05) is 44.2 Å². The number of benzene rings is 2. The van der Waals surface area contributed by atoms with Crippen LogP contribution in [0.4, 0.5) is 11.4 Å². The van der Waals surface area contributed by atoms with Gasteiger partial charge in [-0.15, -0.1) is 5.10 Å². The molecule has 12 heteroatoms. The highest BCUT2D eigenvalue weighted by Crippen LogP contribution is 2.29. The fourth-order valence-corrected chi connectivity index (χ4v) is 4.92. The van der Waals surface area contributed by atoms with Crippen molar-refractivity contribution in [3.05, 3.63) is 42.5 Å². The van der Waals surface area contributed by atoms with Crippen LogP contribution in [0.3, 0.4) is 0 Å². The molecule has 0 atom stereocenters. The van der Waals surface area contributed by atoms with Crippen LogP contribution < -0.4 is 10.2 Å². The molecule has 4 aromatic rings. The molecule has 2 aromatic heterocycles. The van der Waals surface area contributed by atoms with E-state index >= 15 is 0 Å². The number of aromatic nitrogens is 4. The normalized spacial score (nSPS) is 12.0. The van der Waals surface area contributed by atoms with E-state index in [4.69, 9.17) is 0 Å². The van der Waals surface area contributed by atoms with Crippen LogP contribution in [0.2, 0.25) is 0 Å². The topological polar surface area (TPSA) is 116 Å². The number of nitrogens with zero attached hydrogens (tertiary/aromatic N) is 5. The maximum absolute atomic E-state index is 12.7. The Hall–Kier alpha value is -3.09. The summed E-state index contributed by atoms with van der Waals surface area (Å²) in [7, 11) is 2.95. The highest BCUT2D eigenvalue weighted by molar-refractivity contribution is 7.99. The maximum atomic E-state index is 12.7. The number of imidazole rings is 1. The van der Waals surface area contributed by atoms with Gasteiger partial charge in [-0.2, -0.15) is 0 Å². The monoisotopic (exact) mass is 473 g/mol. The number of thioether (sulfide) groups is 1. The first kappa shape index (κ1) is 22.1. The Morgan fingerprint density at radius 3 is 2.62 bits per heavy atom. The third kappa shape index (κ3) is 4.04. The van der Waals surface area contributed by atoms with Gasteiger partial charge in [-0.25, -0.2) is 22.8 Å². The molecule has 0 fully saturated rings. The molecule has 2 heterocycles. The predicted octanol–water partition coefficient (Wildman–Crippen LogP) is 2.26. The van der Waals surface area contributed by atoms with Gasteiger partial charge in [-0.1, -0.05) is 23.9 Å². The number of nitrogens with one attached hydrogen (secondary N) is 2. The molecule has 1 amide bonds. The number of amides is 1. The molecule has 0 radical (unpaired) electrons. The molecule has 0 bridgehead atoms. The third-order valence-corrected chi connectivity index (χ3v) is 7.59. The largest absolute Gasteiger partial charge is 0.376 e. The summed E-state index contributed by atoms with van der Waals surface area (Å²) < 4.78 is 28.0. The minimum Gasteiger partial charge on any atom is -0.376 e. The quantitative estimate of drug-likeness (QED) is 0.396. The van der Waals surface area contributed by atoms with E-state index in [1.54, 1.807) is 6.07 Å². The maximum Gasteiger partial charge on any atom is 0.242 e. The van der Waals surface area contributed by atoms with E-state index in [9.17, 15) is 13.2 Å². The minimum absolute atomic E-state index is 0.0873. The van der Waals surface area contributed by atoms with E-state index in [0.29, 0.717) is 22.3 Å². The summed E-state index contributed by atoms with van der Waals surface area (Å²) >= 11 is 1.26. The Balaban J connectivity index is 1.56. The molecule has 2 N–H and O–H groups in total. The van der Waals surface area contributed by atoms with E-state index in [-0.39, 0.29) is 16.6 Å². The molecule has 4 rings (SSSR count). The SMILES string of the molecule is CN(C)c1ccc(S(=O)(=O)N(C)C)cc1NC(=O)CSc1n[nH]c2nc3ccccc3n12. The minimum atomic E-state index is -3.63. The van der Waals surface area contributed by atoms with Crippen LogP contribution in [0, 0.1) is 0 Å². The fraction of sp³-hybridized carbons (Fsp3) is 0.250. The van der Waals surface area contributed by atoms with Crippen molar-refractivity contribution in [1.82, 2.24) is 23.9 Å². The number of fused-ring (bicyclic) bond motifs is 3. The van der Waals surface area contributed by atoms with Crippen LogP contribution in [0.1, 0.15) is 0 Å². The smallest absolute Gasteiger partial charge is 0.242 e. The Morgan fingerprint density at radius 1 is 1.16 bits per heavy atom. The van der Waals surface area contributed by atoms with Gasteiger partial charge < -0.3 is 10.2 Å². The van der Waals surface area contributed by atoms with E-state index in [0.717, 1.165) is 15.3 Å². The van der Waals surface area contributed by atoms with E-state index < -0.39 is 10.0 Å². The van der Waals surface area contributed by atoms with Crippen molar-refractivity contribution < 1.29 is 13.2 Å². The van der Waals surface area contributed by atoms with Crippen molar-refractivity contribution in [1.29, 1.82) is 0 Å². The lowest BCUT2D eigenvalue weighted by atomic mass is 10.2. The molecular weight excluding hydrogens is 450 g/mol. The molecule has 32 heavy (non-hydrogen) atoms. The second kappa shape index (κ2) is 8.45. The zero-order valence-electron chi connectivity index (χ0n) is 18.0. The second-order valence-electron chi connectivity index (χ2n) is 7.46. The standard InChI is InChI=1S/C20H23N7O3S2/c1-25(2)16-10-9-13(32(29,30)26(3)4)11-15(16)21-18(28)12-31-20-24-23-19-22-14-7-5-6-8-17(14)27(19)20/h5-11H,12H2,1-4H3,(H,21,28)(H,22,23). The van der Waals surface area contributed by atoms with Crippen LogP contribution in [-0.4, -0.2) is 72.2 Å². The number of para-hydroxylation sites is 2. The van der Waals surface area contributed by atoms with E-state index in [2.05, 4.69) is 20.5 Å². The molecule has 0 spiro atoms. The Kier molecular flexibility index (Phi) is 5.84. The van der Waals surface area contributed by atoms with Crippen LogP contribution in [0.15, 0.2) is 52.5 Å². The van der Waals surface area contributed by atoms with Crippen molar-refractivity contribution in [2.24, 2.45) is 0 Å². The van der Waals surface area contributed by atoms with Crippen molar-refractivity contribution >= 4 is 55.9 Å². The first-order valence-electron chi connectivity index (χ1n) is 9.66. The third-order valence-electron chi connectivity index (χ3n) is 4.84. The van der Waals surface area contributed by atoms with Crippen molar-refractivity contribution in [3.63, 3.8) is 0 Å². The molecule has 0 unspecified atom stereocenters. The summed E-state index contributed by atoms with van der Waals surface area (Å²) in [5, 5.41) is 10.6. The summed E-state index contributed by atoms with van der Waals surface area (Å²) in [4.78, 5) is 19.1. The van der Waals surface area contributed by atoms with Gasteiger partial charge in [-0.3, -0.25) is 9.20 Å². The summed E-state index contributed by atoms with van der Waals surface area (Å²) in [6.45, 7) is 0. The average molecular weight is 474 g/mol. The lowest BCUT2D eigenvalue weighted by Gasteiger charge is -2.20. The summed E-state index contributed by atoms with van der Waals surface area (Å²) in [5.41, 5.74) is 2.85.